The number of hydrogen-bond donors (Lipinski definition) is 1. The highest BCUT2D eigenvalue weighted by atomic mass is 16.5. The molecule has 3 fully saturated rings. The van der Waals surface area contributed by atoms with Gasteiger partial charge in [-0.2, -0.15) is 0 Å². The van der Waals surface area contributed by atoms with E-state index in [2.05, 4.69) is 19.9 Å². The number of carboxylic acid groups (broad SMARTS) is 1. The molecule has 0 spiro atoms. The number of allylic oxidation sites excluding steroid dienone is 4. The maximum atomic E-state index is 11.9. The Kier molecular flexibility index (Phi) is 5.20. The molecule has 4 rings (SSSR count). The second kappa shape index (κ2) is 7.41. The standard InChI is InChI=1S/C24H32O5/c1-23-9-8-19-18(4-3-16-12-17(25)7-10-24(16,19)2)20(23)11-15(13-23)14-29-22(28)6-5-21(26)27/h7,10,12,15,18-20H,3-6,8-9,11,13-14H2,1-2H3,(H,26,27)/t15-,18+,19-,20-,23+,24-/m0/s1. The molecule has 0 aromatic rings. The summed E-state index contributed by atoms with van der Waals surface area (Å²) in [4.78, 5) is 34.3. The summed E-state index contributed by atoms with van der Waals surface area (Å²) in [5, 5.41) is 8.71. The third kappa shape index (κ3) is 3.69. The molecular formula is C24H32O5. The van der Waals surface area contributed by atoms with Crippen LogP contribution in [0.3, 0.4) is 0 Å². The number of esters is 1. The van der Waals surface area contributed by atoms with Crippen molar-refractivity contribution < 1.29 is 24.2 Å². The lowest BCUT2D eigenvalue weighted by Crippen LogP contribution is -2.48. The van der Waals surface area contributed by atoms with Crippen LogP contribution in [0, 0.1) is 34.5 Å². The minimum atomic E-state index is -0.968. The molecule has 4 aliphatic rings. The largest absolute Gasteiger partial charge is 0.481 e. The Morgan fingerprint density at radius 3 is 2.76 bits per heavy atom. The van der Waals surface area contributed by atoms with Crippen LogP contribution in [0.1, 0.15) is 65.2 Å². The second-order valence-corrected chi connectivity index (χ2v) is 10.2. The van der Waals surface area contributed by atoms with E-state index in [0.29, 0.717) is 35.7 Å². The van der Waals surface area contributed by atoms with Gasteiger partial charge in [0.05, 0.1) is 19.4 Å². The zero-order valence-corrected chi connectivity index (χ0v) is 17.5. The predicted molar refractivity (Wildman–Crippen MR) is 108 cm³/mol. The molecule has 5 nitrogen and oxygen atoms in total. The Morgan fingerprint density at radius 2 is 2.00 bits per heavy atom. The fourth-order valence-corrected chi connectivity index (χ4v) is 7.03. The Morgan fingerprint density at radius 1 is 1.21 bits per heavy atom. The topological polar surface area (TPSA) is 80.7 Å². The van der Waals surface area contributed by atoms with Gasteiger partial charge in [0, 0.05) is 5.41 Å². The van der Waals surface area contributed by atoms with E-state index >= 15 is 0 Å². The van der Waals surface area contributed by atoms with Gasteiger partial charge < -0.3 is 9.84 Å². The molecule has 1 N–H and O–H groups in total. The van der Waals surface area contributed by atoms with E-state index in [4.69, 9.17) is 9.84 Å². The van der Waals surface area contributed by atoms with E-state index in [-0.39, 0.29) is 24.0 Å². The van der Waals surface area contributed by atoms with E-state index in [9.17, 15) is 14.4 Å². The third-order valence-electron chi connectivity index (χ3n) is 8.44. The van der Waals surface area contributed by atoms with Gasteiger partial charge in [-0.1, -0.05) is 25.5 Å². The number of carbonyl (C=O) groups is 3. The number of aliphatic carboxylic acids is 1. The highest BCUT2D eigenvalue weighted by molar-refractivity contribution is 6.01. The highest BCUT2D eigenvalue weighted by Gasteiger charge is 2.57. The van der Waals surface area contributed by atoms with Crippen LogP contribution < -0.4 is 0 Å². The maximum absolute atomic E-state index is 11.9. The molecule has 5 heteroatoms. The normalized spacial score (nSPS) is 40.5. The lowest BCUT2D eigenvalue weighted by atomic mass is 9.48. The van der Waals surface area contributed by atoms with Crippen molar-refractivity contribution in [2.24, 2.45) is 34.5 Å². The molecule has 0 aromatic carbocycles. The monoisotopic (exact) mass is 400 g/mol. The van der Waals surface area contributed by atoms with Crippen LogP contribution in [0.15, 0.2) is 23.8 Å². The van der Waals surface area contributed by atoms with Crippen molar-refractivity contribution >= 4 is 17.7 Å². The molecule has 4 aliphatic carbocycles. The second-order valence-electron chi connectivity index (χ2n) is 10.2. The average Bonchev–Trinajstić information content (AvgIpc) is 3.02. The maximum Gasteiger partial charge on any atom is 0.306 e. The molecule has 3 saturated carbocycles. The first-order valence-electron chi connectivity index (χ1n) is 11.0. The SMILES string of the molecule is C[C@]12CC[C@H]3[C@@H](CCC4=CC(=O)C=C[C@@]43C)[C@@H]1C[C@H](COC(=O)CCC(=O)O)C2. The van der Waals surface area contributed by atoms with Crippen molar-refractivity contribution in [1.82, 2.24) is 0 Å². The molecule has 0 bridgehead atoms. The molecule has 0 aliphatic heterocycles. The summed E-state index contributed by atoms with van der Waals surface area (Å²) in [5.74, 6) is 0.997. The number of rotatable bonds is 5. The van der Waals surface area contributed by atoms with E-state index in [1.165, 1.54) is 18.4 Å². The highest BCUT2D eigenvalue weighted by Crippen LogP contribution is 2.65. The van der Waals surface area contributed by atoms with Crippen molar-refractivity contribution in [2.75, 3.05) is 6.61 Å². The molecular weight excluding hydrogens is 368 g/mol. The van der Waals surface area contributed by atoms with E-state index in [1.807, 2.05) is 6.08 Å². The summed E-state index contributed by atoms with van der Waals surface area (Å²) in [7, 11) is 0. The molecule has 158 valence electrons. The van der Waals surface area contributed by atoms with E-state index < -0.39 is 11.9 Å². The Hall–Kier alpha value is -1.91. The van der Waals surface area contributed by atoms with Crippen LogP contribution in [0.25, 0.3) is 0 Å². The lowest BCUT2D eigenvalue weighted by Gasteiger charge is -2.56. The van der Waals surface area contributed by atoms with Crippen LogP contribution in [0.2, 0.25) is 0 Å². The number of ketones is 1. The third-order valence-corrected chi connectivity index (χ3v) is 8.44. The summed E-state index contributed by atoms with van der Waals surface area (Å²) < 4.78 is 5.42. The lowest BCUT2D eigenvalue weighted by molar-refractivity contribution is -0.148. The smallest absolute Gasteiger partial charge is 0.306 e. The van der Waals surface area contributed by atoms with Gasteiger partial charge in [0.15, 0.2) is 5.78 Å². The molecule has 29 heavy (non-hydrogen) atoms. The first-order valence-corrected chi connectivity index (χ1v) is 11.0. The summed E-state index contributed by atoms with van der Waals surface area (Å²) >= 11 is 0. The van der Waals surface area contributed by atoms with Gasteiger partial charge in [0.2, 0.25) is 0 Å². The van der Waals surface area contributed by atoms with Crippen LogP contribution in [-0.4, -0.2) is 29.4 Å². The van der Waals surface area contributed by atoms with Crippen molar-refractivity contribution in [2.45, 2.75) is 65.2 Å². The average molecular weight is 401 g/mol. The summed E-state index contributed by atoms with van der Waals surface area (Å²) in [6.45, 7) is 5.14. The van der Waals surface area contributed by atoms with Crippen LogP contribution in [0.4, 0.5) is 0 Å². The van der Waals surface area contributed by atoms with Crippen LogP contribution in [0.5, 0.6) is 0 Å². The van der Waals surface area contributed by atoms with E-state index in [1.54, 1.807) is 6.08 Å². The number of ether oxygens (including phenoxy) is 1. The van der Waals surface area contributed by atoms with Crippen molar-refractivity contribution in [1.29, 1.82) is 0 Å². The number of carboxylic acids is 1. The van der Waals surface area contributed by atoms with Gasteiger partial charge in [-0.3, -0.25) is 14.4 Å². The zero-order valence-electron chi connectivity index (χ0n) is 17.5. The van der Waals surface area contributed by atoms with Crippen LogP contribution in [-0.2, 0) is 19.1 Å². The first kappa shape index (κ1) is 20.4. The molecule has 6 atom stereocenters. The number of fused-ring (bicyclic) bond motifs is 5. The fraction of sp³-hybridized carbons (Fsp3) is 0.708. The summed E-state index contributed by atoms with van der Waals surface area (Å²) in [5.41, 5.74) is 1.63. The zero-order chi connectivity index (χ0) is 20.8. The summed E-state index contributed by atoms with van der Waals surface area (Å²) in [6.07, 6.45) is 12.3. The molecule has 0 radical (unpaired) electrons. The molecule has 0 heterocycles. The van der Waals surface area contributed by atoms with E-state index in [0.717, 1.165) is 25.7 Å². The quantitative estimate of drug-likeness (QED) is 0.695. The minimum absolute atomic E-state index is 0.0134. The van der Waals surface area contributed by atoms with Gasteiger partial charge >= 0.3 is 11.9 Å². The van der Waals surface area contributed by atoms with Crippen molar-refractivity contribution in [3.8, 4) is 0 Å². The Balaban J connectivity index is 1.42. The molecule has 0 aromatic heterocycles. The number of hydrogen-bond acceptors (Lipinski definition) is 4. The van der Waals surface area contributed by atoms with Crippen molar-refractivity contribution in [3.63, 3.8) is 0 Å². The van der Waals surface area contributed by atoms with Gasteiger partial charge in [0.1, 0.15) is 0 Å². The minimum Gasteiger partial charge on any atom is -0.481 e. The predicted octanol–water partition coefficient (Wildman–Crippen LogP) is 4.32. The fourth-order valence-electron chi connectivity index (χ4n) is 7.03. The summed E-state index contributed by atoms with van der Waals surface area (Å²) in [6, 6.07) is 0. The van der Waals surface area contributed by atoms with Gasteiger partial charge in [-0.15, -0.1) is 0 Å². The molecule has 0 saturated heterocycles. The van der Waals surface area contributed by atoms with Gasteiger partial charge in [-0.05, 0) is 79.8 Å². The van der Waals surface area contributed by atoms with Gasteiger partial charge in [0.25, 0.3) is 0 Å². The number of carbonyl (C=O) groups excluding carboxylic acids is 2. The Labute approximate surface area is 172 Å². The van der Waals surface area contributed by atoms with Crippen LogP contribution >= 0.6 is 0 Å². The first-order chi connectivity index (χ1) is 13.7. The van der Waals surface area contributed by atoms with Crippen molar-refractivity contribution in [3.05, 3.63) is 23.8 Å². The van der Waals surface area contributed by atoms with Gasteiger partial charge in [-0.25, -0.2) is 0 Å². The Bertz CT molecular complexity index is 780. The molecule has 0 amide bonds. The molecule has 0 unspecified atom stereocenters.